The predicted octanol–water partition coefficient (Wildman–Crippen LogP) is 3.08. The molecule has 0 atom stereocenters. The minimum atomic E-state index is 0.277. The third-order valence-electron chi connectivity index (χ3n) is 3.17. The first kappa shape index (κ1) is 8.72. The zero-order valence-corrected chi connectivity index (χ0v) is 8.55. The molecule has 0 saturated heterocycles. The molecule has 1 aromatic carbocycles. The Morgan fingerprint density at radius 1 is 1.07 bits per heavy atom. The third kappa shape index (κ3) is 1.29. The maximum absolute atomic E-state index is 11.8. The van der Waals surface area contributed by atoms with Crippen LogP contribution in [0.25, 0.3) is 10.9 Å². The van der Waals surface area contributed by atoms with Gasteiger partial charge in [0.2, 0.25) is 0 Å². The van der Waals surface area contributed by atoms with Gasteiger partial charge in [-0.15, -0.1) is 0 Å². The number of hydrogen-bond acceptors (Lipinski definition) is 1. The number of carbonyl (C=O) groups is 1. The highest BCUT2D eigenvalue weighted by molar-refractivity contribution is 6.02. The van der Waals surface area contributed by atoms with E-state index in [0.29, 0.717) is 6.42 Å². The lowest BCUT2D eigenvalue weighted by Gasteiger charge is -1.96. The van der Waals surface area contributed by atoms with Crippen LogP contribution >= 0.6 is 0 Å². The van der Waals surface area contributed by atoms with E-state index >= 15 is 0 Å². The lowest BCUT2D eigenvalue weighted by molar-refractivity contribution is 0.0978. The van der Waals surface area contributed by atoms with E-state index in [-0.39, 0.29) is 5.78 Å². The topological polar surface area (TPSA) is 32.9 Å². The number of fused-ring (bicyclic) bond motifs is 3. The van der Waals surface area contributed by atoms with E-state index < -0.39 is 0 Å². The summed E-state index contributed by atoms with van der Waals surface area (Å²) in [5.74, 6) is 0.277. The summed E-state index contributed by atoms with van der Waals surface area (Å²) in [7, 11) is 0. The molecule has 76 valence electrons. The lowest BCUT2D eigenvalue weighted by atomic mass is 10.1. The maximum atomic E-state index is 11.8. The molecule has 15 heavy (non-hydrogen) atoms. The van der Waals surface area contributed by atoms with Crippen LogP contribution in [0.2, 0.25) is 0 Å². The highest BCUT2D eigenvalue weighted by Crippen LogP contribution is 2.27. The zero-order chi connectivity index (χ0) is 10.3. The van der Waals surface area contributed by atoms with Crippen LogP contribution in [0.15, 0.2) is 24.3 Å². The predicted molar refractivity (Wildman–Crippen MR) is 60.2 cm³/mol. The summed E-state index contributed by atoms with van der Waals surface area (Å²) in [5, 5.41) is 1.22. The normalized spacial score (nSPS) is 16.4. The molecule has 0 radical (unpaired) electrons. The molecule has 1 N–H and O–H groups in total. The number of hydrogen-bond donors (Lipinski definition) is 1. The maximum Gasteiger partial charge on any atom is 0.179 e. The average molecular weight is 199 g/mol. The van der Waals surface area contributed by atoms with Crippen LogP contribution in [0.3, 0.4) is 0 Å². The van der Waals surface area contributed by atoms with Crippen molar-refractivity contribution in [2.75, 3.05) is 0 Å². The number of benzene rings is 1. The van der Waals surface area contributed by atoms with E-state index in [1.807, 2.05) is 18.2 Å². The van der Waals surface area contributed by atoms with Gasteiger partial charge in [-0.05, 0) is 30.9 Å². The summed E-state index contributed by atoms with van der Waals surface area (Å²) in [5.41, 5.74) is 3.18. The van der Waals surface area contributed by atoms with Gasteiger partial charge in [-0.25, -0.2) is 0 Å². The van der Waals surface area contributed by atoms with Crippen molar-refractivity contribution in [1.82, 2.24) is 4.98 Å². The molecule has 0 amide bonds. The monoisotopic (exact) mass is 199 g/mol. The number of Topliss-reactive ketones (excluding diaryl/α,β-unsaturated/α-hetero) is 1. The van der Waals surface area contributed by atoms with Crippen LogP contribution in [-0.4, -0.2) is 10.8 Å². The molecule has 1 aromatic heterocycles. The molecule has 2 nitrogen and oxygen atoms in total. The average Bonchev–Trinajstić information content (AvgIpc) is 2.54. The number of rotatable bonds is 0. The number of aryl methyl sites for hydroxylation is 1. The van der Waals surface area contributed by atoms with Gasteiger partial charge in [0, 0.05) is 17.3 Å². The van der Waals surface area contributed by atoms with Gasteiger partial charge < -0.3 is 4.98 Å². The second kappa shape index (κ2) is 3.23. The molecule has 0 unspecified atom stereocenters. The van der Waals surface area contributed by atoms with E-state index in [2.05, 4.69) is 11.1 Å². The molecule has 0 spiro atoms. The third-order valence-corrected chi connectivity index (χ3v) is 3.17. The van der Waals surface area contributed by atoms with Gasteiger partial charge in [-0.2, -0.15) is 0 Å². The van der Waals surface area contributed by atoms with E-state index in [9.17, 15) is 4.79 Å². The van der Waals surface area contributed by atoms with Crippen LogP contribution in [0, 0.1) is 0 Å². The van der Waals surface area contributed by atoms with Crippen molar-refractivity contribution in [1.29, 1.82) is 0 Å². The second-order valence-electron chi connectivity index (χ2n) is 4.15. The summed E-state index contributed by atoms with van der Waals surface area (Å²) in [6.45, 7) is 0. The van der Waals surface area contributed by atoms with Gasteiger partial charge in [0.1, 0.15) is 0 Å². The minimum Gasteiger partial charge on any atom is -0.352 e. The number of aromatic nitrogens is 1. The fraction of sp³-hybridized carbons (Fsp3) is 0.308. The SMILES string of the molecule is O=C1CCCCc2c1[nH]c1ccccc21. The summed E-state index contributed by atoms with van der Waals surface area (Å²) in [6, 6.07) is 8.18. The Morgan fingerprint density at radius 3 is 2.80 bits per heavy atom. The Hall–Kier alpha value is -1.57. The first-order valence-corrected chi connectivity index (χ1v) is 5.49. The highest BCUT2D eigenvalue weighted by atomic mass is 16.1. The molecular formula is C13H13NO. The molecular weight excluding hydrogens is 186 g/mol. The van der Waals surface area contributed by atoms with Crippen LogP contribution in [0.4, 0.5) is 0 Å². The molecule has 1 aliphatic carbocycles. The first-order valence-electron chi connectivity index (χ1n) is 5.49. The summed E-state index contributed by atoms with van der Waals surface area (Å²) >= 11 is 0. The van der Waals surface area contributed by atoms with Crippen LogP contribution < -0.4 is 0 Å². The molecule has 1 heterocycles. The van der Waals surface area contributed by atoms with Gasteiger partial charge in [-0.1, -0.05) is 18.2 Å². The van der Waals surface area contributed by atoms with Crippen molar-refractivity contribution >= 4 is 16.7 Å². The van der Waals surface area contributed by atoms with Crippen LogP contribution in [0.5, 0.6) is 0 Å². The fourth-order valence-electron chi connectivity index (χ4n) is 2.41. The Morgan fingerprint density at radius 2 is 1.87 bits per heavy atom. The second-order valence-corrected chi connectivity index (χ2v) is 4.15. The smallest absolute Gasteiger partial charge is 0.179 e. The standard InChI is InChI=1S/C13H13NO/c15-12-8-4-2-6-10-9-5-1-3-7-11(9)14-13(10)12/h1,3,5,7,14H,2,4,6,8H2. The van der Waals surface area contributed by atoms with Crippen molar-refractivity contribution in [3.8, 4) is 0 Å². The Labute approximate surface area is 88.3 Å². The van der Waals surface area contributed by atoms with Crippen molar-refractivity contribution in [2.24, 2.45) is 0 Å². The zero-order valence-electron chi connectivity index (χ0n) is 8.55. The van der Waals surface area contributed by atoms with E-state index in [1.54, 1.807) is 0 Å². The number of aromatic amines is 1. The molecule has 2 heteroatoms. The molecule has 1 aliphatic rings. The number of ketones is 1. The number of nitrogens with one attached hydrogen (secondary N) is 1. The van der Waals surface area contributed by atoms with Crippen molar-refractivity contribution < 1.29 is 4.79 Å². The quantitative estimate of drug-likeness (QED) is 0.650. The summed E-state index contributed by atoms with van der Waals surface area (Å²) < 4.78 is 0. The first-order chi connectivity index (χ1) is 7.36. The highest BCUT2D eigenvalue weighted by Gasteiger charge is 2.19. The Bertz CT molecular complexity index is 524. The molecule has 0 aliphatic heterocycles. The van der Waals surface area contributed by atoms with Gasteiger partial charge in [0.25, 0.3) is 0 Å². The van der Waals surface area contributed by atoms with Crippen LogP contribution in [0.1, 0.15) is 35.3 Å². The molecule has 3 rings (SSSR count). The minimum absolute atomic E-state index is 0.277. The number of carbonyl (C=O) groups excluding carboxylic acids is 1. The number of H-pyrrole nitrogens is 1. The van der Waals surface area contributed by atoms with E-state index in [4.69, 9.17) is 0 Å². The van der Waals surface area contributed by atoms with Crippen molar-refractivity contribution in [3.63, 3.8) is 0 Å². The van der Waals surface area contributed by atoms with Crippen molar-refractivity contribution in [3.05, 3.63) is 35.5 Å². The fourth-order valence-corrected chi connectivity index (χ4v) is 2.41. The van der Waals surface area contributed by atoms with E-state index in [1.165, 1.54) is 10.9 Å². The number of para-hydroxylation sites is 1. The summed E-state index contributed by atoms with van der Waals surface area (Å²) in [4.78, 5) is 15.1. The Balaban J connectivity index is 2.30. The van der Waals surface area contributed by atoms with Crippen molar-refractivity contribution in [2.45, 2.75) is 25.7 Å². The molecule has 0 bridgehead atoms. The van der Waals surface area contributed by atoms with Gasteiger partial charge in [-0.3, -0.25) is 4.79 Å². The van der Waals surface area contributed by atoms with Gasteiger partial charge in [0.15, 0.2) is 5.78 Å². The molecule has 0 fully saturated rings. The Kier molecular flexibility index (Phi) is 1.88. The van der Waals surface area contributed by atoms with Crippen LogP contribution in [-0.2, 0) is 6.42 Å². The summed E-state index contributed by atoms with van der Waals surface area (Å²) in [6.07, 6.45) is 3.88. The van der Waals surface area contributed by atoms with Gasteiger partial charge >= 0.3 is 0 Å². The lowest BCUT2D eigenvalue weighted by Crippen LogP contribution is -1.98. The largest absolute Gasteiger partial charge is 0.352 e. The molecule has 2 aromatic rings. The molecule has 0 saturated carbocycles. The van der Waals surface area contributed by atoms with Gasteiger partial charge in [0.05, 0.1) is 5.69 Å². The van der Waals surface area contributed by atoms with E-state index in [0.717, 1.165) is 30.5 Å².